The molecule has 4 rings (SSSR count). The van der Waals surface area contributed by atoms with Crippen molar-refractivity contribution in [3.8, 4) is 5.75 Å². The van der Waals surface area contributed by atoms with Gasteiger partial charge in [0.2, 0.25) is 5.91 Å². The van der Waals surface area contributed by atoms with Crippen LogP contribution in [0.3, 0.4) is 0 Å². The molecule has 0 radical (unpaired) electrons. The first kappa shape index (κ1) is 18.4. The van der Waals surface area contributed by atoms with E-state index in [9.17, 15) is 9.59 Å². The van der Waals surface area contributed by atoms with E-state index in [2.05, 4.69) is 10.3 Å². The largest absolute Gasteiger partial charge is 0.487 e. The summed E-state index contributed by atoms with van der Waals surface area (Å²) in [6.07, 6.45) is 4.04. The minimum atomic E-state index is -0.587. The summed E-state index contributed by atoms with van der Waals surface area (Å²) in [6, 6.07) is 11.0. The molecule has 3 heterocycles. The number of hydrogen-bond acceptors (Lipinski definition) is 5. The number of aromatic nitrogens is 1. The summed E-state index contributed by atoms with van der Waals surface area (Å²) in [7, 11) is 0. The van der Waals surface area contributed by atoms with Crippen molar-refractivity contribution in [2.24, 2.45) is 5.73 Å². The zero-order valence-corrected chi connectivity index (χ0v) is 15.5. The van der Waals surface area contributed by atoms with Gasteiger partial charge in [0, 0.05) is 31.0 Å². The first-order valence-corrected chi connectivity index (χ1v) is 9.44. The third kappa shape index (κ3) is 3.84. The second kappa shape index (κ2) is 7.59. The lowest BCUT2D eigenvalue weighted by molar-refractivity contribution is -0.122. The van der Waals surface area contributed by atoms with E-state index in [0.717, 1.165) is 36.1 Å². The standard InChI is InChI=1S/C21H23N3O4/c22-20(26)16-6-5-14(13-23-16)11-19(25)24-17-12-21(7-9-27-10-8-21)28-18-4-2-1-3-15(17)18/h1-6,13,17H,7-12H2,(H2,22,26)(H,24,25). The zero-order chi connectivity index (χ0) is 19.6. The normalized spacial score (nSPS) is 20.1. The number of pyridine rings is 1. The molecule has 1 unspecified atom stereocenters. The Kier molecular flexibility index (Phi) is 5.00. The summed E-state index contributed by atoms with van der Waals surface area (Å²) in [6.45, 7) is 1.33. The van der Waals surface area contributed by atoms with Crippen molar-refractivity contribution in [3.63, 3.8) is 0 Å². The zero-order valence-electron chi connectivity index (χ0n) is 15.5. The number of ether oxygens (including phenoxy) is 2. The minimum Gasteiger partial charge on any atom is -0.487 e. The van der Waals surface area contributed by atoms with Gasteiger partial charge in [0.05, 0.1) is 25.7 Å². The van der Waals surface area contributed by atoms with Crippen molar-refractivity contribution in [3.05, 3.63) is 59.4 Å². The Balaban J connectivity index is 1.49. The number of para-hydroxylation sites is 1. The van der Waals surface area contributed by atoms with Gasteiger partial charge in [0.1, 0.15) is 17.0 Å². The predicted molar refractivity (Wildman–Crippen MR) is 102 cm³/mol. The Morgan fingerprint density at radius 1 is 1.18 bits per heavy atom. The Morgan fingerprint density at radius 3 is 2.68 bits per heavy atom. The number of primary amides is 1. The highest BCUT2D eigenvalue weighted by Crippen LogP contribution is 2.43. The monoisotopic (exact) mass is 381 g/mol. The van der Waals surface area contributed by atoms with Gasteiger partial charge in [-0.05, 0) is 17.7 Å². The number of carbonyl (C=O) groups excluding carboxylic acids is 2. The topological polar surface area (TPSA) is 104 Å². The van der Waals surface area contributed by atoms with Gasteiger partial charge in [0.15, 0.2) is 0 Å². The van der Waals surface area contributed by atoms with E-state index in [1.165, 1.54) is 12.3 Å². The minimum absolute atomic E-state index is 0.0995. The van der Waals surface area contributed by atoms with Crippen LogP contribution in [-0.4, -0.2) is 35.6 Å². The number of nitrogens with zero attached hydrogens (tertiary/aromatic N) is 1. The molecule has 7 heteroatoms. The van der Waals surface area contributed by atoms with Gasteiger partial charge in [-0.3, -0.25) is 14.6 Å². The number of benzene rings is 1. The number of nitrogens with two attached hydrogens (primary N) is 1. The highest BCUT2D eigenvalue weighted by molar-refractivity contribution is 5.90. The highest BCUT2D eigenvalue weighted by Gasteiger charge is 2.42. The second-order valence-electron chi connectivity index (χ2n) is 7.35. The van der Waals surface area contributed by atoms with Gasteiger partial charge in [-0.1, -0.05) is 24.3 Å². The summed E-state index contributed by atoms with van der Waals surface area (Å²) in [4.78, 5) is 27.8. The first-order valence-electron chi connectivity index (χ1n) is 9.44. The van der Waals surface area contributed by atoms with Crippen LogP contribution in [0, 0.1) is 0 Å². The summed E-state index contributed by atoms with van der Waals surface area (Å²) in [5.41, 5.74) is 6.81. The Bertz CT molecular complexity index is 875. The smallest absolute Gasteiger partial charge is 0.267 e. The molecular formula is C21H23N3O4. The molecule has 1 aromatic heterocycles. The van der Waals surface area contributed by atoms with E-state index >= 15 is 0 Å². The molecule has 1 saturated heterocycles. The Morgan fingerprint density at radius 2 is 1.96 bits per heavy atom. The summed E-state index contributed by atoms with van der Waals surface area (Å²) in [5.74, 6) is 0.141. The van der Waals surface area contributed by atoms with Crippen molar-refractivity contribution in [2.75, 3.05) is 13.2 Å². The second-order valence-corrected chi connectivity index (χ2v) is 7.35. The van der Waals surface area contributed by atoms with Crippen molar-refractivity contribution in [1.82, 2.24) is 10.3 Å². The van der Waals surface area contributed by atoms with Crippen LogP contribution in [0.5, 0.6) is 5.75 Å². The third-order valence-electron chi connectivity index (χ3n) is 5.38. The molecule has 2 aromatic rings. The van der Waals surface area contributed by atoms with Crippen LogP contribution in [0.1, 0.15) is 46.9 Å². The van der Waals surface area contributed by atoms with Crippen molar-refractivity contribution >= 4 is 11.8 Å². The van der Waals surface area contributed by atoms with Crippen LogP contribution in [-0.2, 0) is 16.0 Å². The van der Waals surface area contributed by atoms with Gasteiger partial charge < -0.3 is 20.5 Å². The van der Waals surface area contributed by atoms with Crippen LogP contribution in [0.2, 0.25) is 0 Å². The molecule has 3 N–H and O–H groups in total. The molecule has 1 spiro atoms. The van der Waals surface area contributed by atoms with Crippen molar-refractivity contribution in [2.45, 2.75) is 37.3 Å². The van der Waals surface area contributed by atoms with E-state index < -0.39 is 5.91 Å². The maximum Gasteiger partial charge on any atom is 0.267 e. The van der Waals surface area contributed by atoms with E-state index in [4.69, 9.17) is 15.2 Å². The molecule has 2 aliphatic heterocycles. The van der Waals surface area contributed by atoms with Crippen LogP contribution in [0.15, 0.2) is 42.6 Å². The molecule has 0 bridgehead atoms. The van der Waals surface area contributed by atoms with E-state index in [1.807, 2.05) is 24.3 Å². The molecule has 146 valence electrons. The van der Waals surface area contributed by atoms with E-state index in [-0.39, 0.29) is 29.7 Å². The number of rotatable bonds is 4. The van der Waals surface area contributed by atoms with Crippen LogP contribution < -0.4 is 15.8 Å². The maximum absolute atomic E-state index is 12.7. The molecule has 0 saturated carbocycles. The highest BCUT2D eigenvalue weighted by atomic mass is 16.5. The predicted octanol–water partition coefficient (Wildman–Crippen LogP) is 1.91. The number of carbonyl (C=O) groups is 2. The summed E-state index contributed by atoms with van der Waals surface area (Å²) >= 11 is 0. The lowest BCUT2D eigenvalue weighted by atomic mass is 9.82. The maximum atomic E-state index is 12.7. The molecular weight excluding hydrogens is 358 g/mol. The number of amides is 2. The SMILES string of the molecule is NC(=O)c1ccc(CC(=O)NC2CC3(CCOCC3)Oc3ccccc32)cn1. The molecule has 0 aliphatic carbocycles. The van der Waals surface area contributed by atoms with Crippen LogP contribution >= 0.6 is 0 Å². The fraction of sp³-hybridized carbons (Fsp3) is 0.381. The fourth-order valence-corrected chi connectivity index (χ4v) is 3.90. The van der Waals surface area contributed by atoms with Crippen molar-refractivity contribution < 1.29 is 19.1 Å². The molecule has 1 atom stereocenters. The van der Waals surface area contributed by atoms with Gasteiger partial charge in [-0.15, -0.1) is 0 Å². The Hall–Kier alpha value is -2.93. The first-order chi connectivity index (χ1) is 13.5. The fourth-order valence-electron chi connectivity index (χ4n) is 3.90. The van der Waals surface area contributed by atoms with E-state index in [1.54, 1.807) is 6.07 Å². The van der Waals surface area contributed by atoms with Crippen LogP contribution in [0.25, 0.3) is 0 Å². The molecule has 2 aliphatic rings. The van der Waals surface area contributed by atoms with Gasteiger partial charge in [0.25, 0.3) is 5.91 Å². The Labute approximate surface area is 163 Å². The van der Waals surface area contributed by atoms with Crippen molar-refractivity contribution in [1.29, 1.82) is 0 Å². The number of hydrogen-bond donors (Lipinski definition) is 2. The third-order valence-corrected chi connectivity index (χ3v) is 5.38. The molecule has 7 nitrogen and oxygen atoms in total. The average molecular weight is 381 g/mol. The van der Waals surface area contributed by atoms with Gasteiger partial charge in [-0.2, -0.15) is 0 Å². The van der Waals surface area contributed by atoms with E-state index in [0.29, 0.717) is 13.2 Å². The van der Waals surface area contributed by atoms with Gasteiger partial charge >= 0.3 is 0 Å². The average Bonchev–Trinajstić information content (AvgIpc) is 2.69. The van der Waals surface area contributed by atoms with Gasteiger partial charge in [-0.25, -0.2) is 0 Å². The van der Waals surface area contributed by atoms with Crippen LogP contribution in [0.4, 0.5) is 0 Å². The quantitative estimate of drug-likeness (QED) is 0.842. The molecule has 2 amide bonds. The summed E-state index contributed by atoms with van der Waals surface area (Å²) < 4.78 is 11.8. The molecule has 1 fully saturated rings. The summed E-state index contributed by atoms with van der Waals surface area (Å²) in [5, 5.41) is 3.15. The molecule has 28 heavy (non-hydrogen) atoms. The number of fused-ring (bicyclic) bond motifs is 1. The lowest BCUT2D eigenvalue weighted by Crippen LogP contribution is -2.48. The number of nitrogens with one attached hydrogen (secondary N) is 1. The lowest BCUT2D eigenvalue weighted by Gasteiger charge is -2.44. The molecule has 1 aromatic carbocycles.